The molecule has 1 heterocycles. The van der Waals surface area contributed by atoms with Gasteiger partial charge in [0.15, 0.2) is 11.6 Å². The highest BCUT2D eigenvalue weighted by atomic mass is 16.5. The molecule has 216 valence electrons. The summed E-state index contributed by atoms with van der Waals surface area (Å²) in [6.45, 7) is 4.20. The van der Waals surface area contributed by atoms with E-state index in [1.165, 1.54) is 13.5 Å². The minimum absolute atomic E-state index is 0.127. The molecule has 10 heteroatoms. The lowest BCUT2D eigenvalue weighted by atomic mass is 9.54. The fourth-order valence-electron chi connectivity index (χ4n) is 7.69. The Morgan fingerprint density at radius 2 is 1.82 bits per heavy atom. The molecule has 0 unspecified atom stereocenters. The zero-order valence-electron chi connectivity index (χ0n) is 23.9. The Bertz CT molecular complexity index is 1340. The van der Waals surface area contributed by atoms with E-state index >= 15 is 0 Å². The van der Waals surface area contributed by atoms with Crippen molar-refractivity contribution in [1.29, 1.82) is 0 Å². The number of primary amides is 1. The molecule has 40 heavy (non-hydrogen) atoms. The maximum absolute atomic E-state index is 14.2. The molecular formula is C30H39N3O7. The van der Waals surface area contributed by atoms with E-state index in [1.807, 2.05) is 0 Å². The predicted molar refractivity (Wildman–Crippen MR) is 147 cm³/mol. The third kappa shape index (κ3) is 4.03. The Morgan fingerprint density at radius 1 is 1.15 bits per heavy atom. The van der Waals surface area contributed by atoms with Crippen LogP contribution in [0.2, 0.25) is 0 Å². The van der Waals surface area contributed by atoms with Crippen LogP contribution < -0.4 is 10.5 Å². The van der Waals surface area contributed by atoms with Gasteiger partial charge in [0.1, 0.15) is 28.6 Å². The number of hydrogen-bond acceptors (Lipinski definition) is 9. The average molecular weight is 554 g/mol. The lowest BCUT2D eigenvalue weighted by molar-refractivity contribution is -0.134. The summed E-state index contributed by atoms with van der Waals surface area (Å²) >= 11 is 0. The number of aromatic hydroxyl groups is 1. The molecule has 1 saturated heterocycles. The Morgan fingerprint density at radius 3 is 2.40 bits per heavy atom. The van der Waals surface area contributed by atoms with Gasteiger partial charge in [0.05, 0.1) is 31.2 Å². The Hall–Kier alpha value is -3.37. The smallest absolute Gasteiger partial charge is 0.255 e. The summed E-state index contributed by atoms with van der Waals surface area (Å²) in [7, 11) is 6.50. The number of carbonyl (C=O) groups is 3. The summed E-state index contributed by atoms with van der Waals surface area (Å²) in [5.41, 5.74) is 5.61. The molecule has 0 saturated carbocycles. The standard InChI is InChI=1S/C30H39N3O7/c1-30-18(23(32(2)3)25(36)22(27(30)37)29(31)38)12-15-11-17-21(24(35)20(15)28(30)40-5)19(34)13-16(26(17)39-4)14-33-9-7-6-8-10-33/h13,15,18,23,34,36H,6-12,14H2,1-5H3,(H2,31,38)/t15-,18-,23-,30-/m0/s1. The number of amides is 1. The molecule has 1 amide bonds. The first-order chi connectivity index (χ1) is 19.0. The number of nitrogens with two attached hydrogens (primary N) is 1. The molecule has 4 atom stereocenters. The van der Waals surface area contributed by atoms with Crippen molar-refractivity contribution >= 4 is 17.5 Å². The van der Waals surface area contributed by atoms with Gasteiger partial charge in [0.25, 0.3) is 5.91 Å². The predicted octanol–water partition coefficient (Wildman–Crippen LogP) is 2.48. The van der Waals surface area contributed by atoms with E-state index in [9.17, 15) is 24.6 Å². The van der Waals surface area contributed by atoms with E-state index in [0.29, 0.717) is 36.3 Å². The fourth-order valence-corrected chi connectivity index (χ4v) is 7.69. The lowest BCUT2D eigenvalue weighted by Crippen LogP contribution is -2.58. The molecule has 1 aromatic carbocycles. The number of fused-ring (bicyclic) bond motifs is 3. The van der Waals surface area contributed by atoms with Gasteiger partial charge in [-0.15, -0.1) is 0 Å². The monoisotopic (exact) mass is 553 g/mol. The topological polar surface area (TPSA) is 143 Å². The number of methoxy groups -OCH3 is 2. The zero-order chi connectivity index (χ0) is 29.1. The molecule has 0 radical (unpaired) electrons. The number of allylic oxidation sites excluding steroid dienone is 2. The van der Waals surface area contributed by atoms with Crippen LogP contribution in [0, 0.1) is 17.3 Å². The normalized spacial score (nSPS) is 28.8. The number of aliphatic hydroxyl groups is 1. The van der Waals surface area contributed by atoms with Gasteiger partial charge in [-0.3, -0.25) is 24.2 Å². The third-order valence-corrected chi connectivity index (χ3v) is 9.43. The van der Waals surface area contributed by atoms with Crippen molar-refractivity contribution < 1.29 is 34.1 Å². The van der Waals surface area contributed by atoms with Crippen molar-refractivity contribution in [3.8, 4) is 11.5 Å². The van der Waals surface area contributed by atoms with Gasteiger partial charge in [-0.25, -0.2) is 0 Å². The van der Waals surface area contributed by atoms with Crippen LogP contribution in [0.5, 0.6) is 11.5 Å². The molecule has 1 fully saturated rings. The lowest BCUT2D eigenvalue weighted by Gasteiger charge is -2.52. The number of benzene rings is 1. The molecule has 1 aliphatic heterocycles. The Kier molecular flexibility index (Phi) is 7.20. The summed E-state index contributed by atoms with van der Waals surface area (Å²) in [4.78, 5) is 44.5. The number of likely N-dealkylation sites (N-methyl/N-ethyl adjacent to an activating group) is 1. The maximum atomic E-state index is 14.2. The minimum Gasteiger partial charge on any atom is -0.510 e. The van der Waals surface area contributed by atoms with Crippen molar-refractivity contribution in [2.75, 3.05) is 41.4 Å². The molecule has 4 N–H and O–H groups in total. The van der Waals surface area contributed by atoms with Crippen LogP contribution >= 0.6 is 0 Å². The molecule has 0 bridgehead atoms. The summed E-state index contributed by atoms with van der Waals surface area (Å²) in [6, 6.07) is 0.916. The van der Waals surface area contributed by atoms with E-state index in [2.05, 4.69) is 4.90 Å². The highest BCUT2D eigenvalue weighted by molar-refractivity contribution is 6.23. The van der Waals surface area contributed by atoms with Crippen molar-refractivity contribution in [2.24, 2.45) is 23.0 Å². The van der Waals surface area contributed by atoms with Gasteiger partial charge in [0.2, 0.25) is 0 Å². The van der Waals surface area contributed by atoms with Crippen LogP contribution in [0.15, 0.2) is 28.7 Å². The number of aliphatic hydroxyl groups excluding tert-OH is 1. The van der Waals surface area contributed by atoms with Crippen molar-refractivity contribution in [2.45, 2.75) is 51.6 Å². The van der Waals surface area contributed by atoms with Crippen molar-refractivity contribution in [1.82, 2.24) is 9.80 Å². The van der Waals surface area contributed by atoms with Crippen LogP contribution in [0.25, 0.3) is 0 Å². The van der Waals surface area contributed by atoms with E-state index in [0.717, 1.165) is 31.5 Å². The van der Waals surface area contributed by atoms with Crippen LogP contribution in [0.4, 0.5) is 0 Å². The molecular weight excluding hydrogens is 514 g/mol. The van der Waals surface area contributed by atoms with E-state index < -0.39 is 40.4 Å². The molecule has 1 aromatic rings. The molecule has 10 nitrogen and oxygen atoms in total. The highest BCUT2D eigenvalue weighted by Crippen LogP contribution is 2.58. The number of phenolic OH excluding ortho intramolecular Hbond substituents is 1. The number of ether oxygens (including phenoxy) is 2. The molecule has 0 aromatic heterocycles. The number of piperidine rings is 1. The summed E-state index contributed by atoms with van der Waals surface area (Å²) in [5, 5.41) is 22.3. The largest absolute Gasteiger partial charge is 0.510 e. The SMILES string of the molecule is COC1=C2C(=O)c3c(O)cc(CN4CCCCC4)c(OC)c3C[C@H]2C[C@H]2[C@H](N(C)C)C(O)=C(C(N)=O)C(=O)[C@@]12C. The fraction of sp³-hybridized carbons (Fsp3) is 0.567. The first-order valence-electron chi connectivity index (χ1n) is 13.9. The van der Waals surface area contributed by atoms with Crippen LogP contribution in [-0.4, -0.2) is 84.9 Å². The van der Waals surface area contributed by atoms with Gasteiger partial charge in [-0.05, 0) is 71.8 Å². The van der Waals surface area contributed by atoms with Crippen molar-refractivity contribution in [3.05, 3.63) is 45.4 Å². The average Bonchev–Trinajstić information content (AvgIpc) is 2.89. The van der Waals surface area contributed by atoms with Gasteiger partial charge >= 0.3 is 0 Å². The third-order valence-electron chi connectivity index (χ3n) is 9.43. The van der Waals surface area contributed by atoms with Crippen LogP contribution in [-0.2, 0) is 27.3 Å². The second-order valence-electron chi connectivity index (χ2n) is 11.9. The number of rotatable bonds is 6. The number of nitrogens with zero attached hydrogens (tertiary/aromatic N) is 2. The molecule has 4 aliphatic rings. The number of carbonyl (C=O) groups excluding carboxylic acids is 3. The van der Waals surface area contributed by atoms with Gasteiger partial charge in [-0.2, -0.15) is 0 Å². The molecule has 5 rings (SSSR count). The Labute approximate surface area is 234 Å². The van der Waals surface area contributed by atoms with E-state index in [4.69, 9.17) is 15.2 Å². The second-order valence-corrected chi connectivity index (χ2v) is 11.9. The summed E-state index contributed by atoms with van der Waals surface area (Å²) < 4.78 is 11.7. The maximum Gasteiger partial charge on any atom is 0.255 e. The molecule has 0 spiro atoms. The minimum atomic E-state index is -1.42. The van der Waals surface area contributed by atoms with Crippen LogP contribution in [0.1, 0.15) is 54.1 Å². The quantitative estimate of drug-likeness (QED) is 0.453. The van der Waals surface area contributed by atoms with Crippen molar-refractivity contribution in [3.63, 3.8) is 0 Å². The first-order valence-corrected chi connectivity index (χ1v) is 13.9. The van der Waals surface area contributed by atoms with Crippen LogP contribution in [0.3, 0.4) is 0 Å². The first kappa shape index (κ1) is 28.2. The zero-order valence-corrected chi connectivity index (χ0v) is 23.9. The van der Waals surface area contributed by atoms with Gasteiger partial charge in [0, 0.05) is 29.2 Å². The number of hydrogen-bond donors (Lipinski definition) is 3. The summed E-state index contributed by atoms with van der Waals surface area (Å²) in [5.74, 6) is -2.71. The van der Waals surface area contributed by atoms with E-state index in [1.54, 1.807) is 39.1 Å². The van der Waals surface area contributed by atoms with E-state index in [-0.39, 0.29) is 28.7 Å². The summed E-state index contributed by atoms with van der Waals surface area (Å²) in [6.07, 6.45) is 4.21. The Balaban J connectivity index is 1.67. The van der Waals surface area contributed by atoms with Gasteiger partial charge in [-0.1, -0.05) is 6.42 Å². The molecule has 3 aliphatic carbocycles. The van der Waals surface area contributed by atoms with Gasteiger partial charge < -0.3 is 25.4 Å². The second kappa shape index (κ2) is 10.2. The number of likely N-dealkylation sites (tertiary alicyclic amines) is 1. The number of phenols is 1. The number of ketones is 2. The number of Topliss-reactive ketones (excluding diaryl/α,β-unsaturated/α-hetero) is 2. The highest BCUT2D eigenvalue weighted by Gasteiger charge is 2.61.